The maximum Gasteiger partial charge on any atom is 0.283 e. The van der Waals surface area contributed by atoms with Gasteiger partial charge in [-0.15, -0.1) is 0 Å². The molecule has 0 saturated heterocycles. The van der Waals surface area contributed by atoms with Crippen LogP contribution >= 0.6 is 23.4 Å². The zero-order valence-electron chi connectivity index (χ0n) is 10.6. The Morgan fingerprint density at radius 1 is 1.20 bits per heavy atom. The van der Waals surface area contributed by atoms with Crippen molar-refractivity contribution >= 4 is 39.2 Å². The molecule has 0 radical (unpaired) electrons. The van der Waals surface area contributed by atoms with Gasteiger partial charge < -0.3 is 0 Å². The van der Waals surface area contributed by atoms with Gasteiger partial charge in [-0.3, -0.25) is 10.1 Å². The van der Waals surface area contributed by atoms with Gasteiger partial charge in [0.25, 0.3) is 5.69 Å². The minimum atomic E-state index is -0.432. The van der Waals surface area contributed by atoms with Gasteiger partial charge in [0.15, 0.2) is 4.50 Å². The SMILES string of the molecule is Cc1ccc(N=C(Cl)Sc2ccccc2[N+](=O)[O-])cc1. The van der Waals surface area contributed by atoms with Crippen LogP contribution in [0.5, 0.6) is 0 Å². The summed E-state index contributed by atoms with van der Waals surface area (Å²) < 4.78 is 0.239. The van der Waals surface area contributed by atoms with Crippen LogP contribution in [0.1, 0.15) is 5.56 Å². The van der Waals surface area contributed by atoms with E-state index in [0.29, 0.717) is 10.6 Å². The summed E-state index contributed by atoms with van der Waals surface area (Å²) in [5.41, 5.74) is 1.87. The number of nitro groups is 1. The number of halogens is 1. The van der Waals surface area contributed by atoms with Crippen LogP contribution in [0.2, 0.25) is 0 Å². The van der Waals surface area contributed by atoms with Crippen molar-refractivity contribution in [3.63, 3.8) is 0 Å². The van der Waals surface area contributed by atoms with E-state index in [2.05, 4.69) is 4.99 Å². The highest BCUT2D eigenvalue weighted by molar-refractivity contribution is 8.16. The normalized spacial score (nSPS) is 11.4. The molecule has 0 spiro atoms. The Bertz CT molecular complexity index is 656. The number of para-hydroxylation sites is 1. The summed E-state index contributed by atoms with van der Waals surface area (Å²) in [6.07, 6.45) is 0. The molecule has 20 heavy (non-hydrogen) atoms. The number of rotatable bonds is 3. The Morgan fingerprint density at radius 3 is 2.50 bits per heavy atom. The van der Waals surface area contributed by atoms with Crippen LogP contribution in [0.3, 0.4) is 0 Å². The Kier molecular flexibility index (Phi) is 4.76. The van der Waals surface area contributed by atoms with Crippen LogP contribution in [-0.2, 0) is 0 Å². The minimum Gasteiger partial charge on any atom is -0.258 e. The molecule has 0 aliphatic heterocycles. The quantitative estimate of drug-likeness (QED) is 0.266. The molecule has 4 nitrogen and oxygen atoms in total. The number of aryl methyl sites for hydroxylation is 1. The summed E-state index contributed by atoms with van der Waals surface area (Å²) in [4.78, 5) is 15.2. The molecule has 0 unspecified atom stereocenters. The van der Waals surface area contributed by atoms with Gasteiger partial charge in [-0.25, -0.2) is 4.99 Å². The average Bonchev–Trinajstić information content (AvgIpc) is 2.41. The molecule has 0 amide bonds. The van der Waals surface area contributed by atoms with Crippen LogP contribution in [0.25, 0.3) is 0 Å². The van der Waals surface area contributed by atoms with Crippen molar-refractivity contribution in [1.82, 2.24) is 0 Å². The molecule has 2 aromatic carbocycles. The third-order valence-corrected chi connectivity index (χ3v) is 3.65. The topological polar surface area (TPSA) is 55.5 Å². The Balaban J connectivity index is 2.21. The van der Waals surface area contributed by atoms with Crippen LogP contribution < -0.4 is 0 Å². The van der Waals surface area contributed by atoms with Gasteiger partial charge in [0, 0.05) is 6.07 Å². The highest BCUT2D eigenvalue weighted by Crippen LogP contribution is 2.31. The second-order valence-electron chi connectivity index (χ2n) is 4.03. The number of benzene rings is 2. The predicted octanol–water partition coefficient (Wildman–Crippen LogP) is 4.92. The molecule has 0 N–H and O–H groups in total. The van der Waals surface area contributed by atoms with E-state index in [-0.39, 0.29) is 10.2 Å². The van der Waals surface area contributed by atoms with E-state index < -0.39 is 4.92 Å². The molecule has 0 bridgehead atoms. The number of aliphatic imine (C=N–C) groups is 1. The maximum atomic E-state index is 10.9. The second kappa shape index (κ2) is 6.54. The van der Waals surface area contributed by atoms with Gasteiger partial charge in [0.1, 0.15) is 0 Å². The molecule has 0 saturated carbocycles. The molecule has 2 aromatic rings. The van der Waals surface area contributed by atoms with Gasteiger partial charge in [-0.05, 0) is 25.1 Å². The molecular weight excluding hydrogens is 296 g/mol. The van der Waals surface area contributed by atoms with Crippen molar-refractivity contribution in [3.8, 4) is 0 Å². The maximum absolute atomic E-state index is 10.9. The van der Waals surface area contributed by atoms with E-state index in [1.54, 1.807) is 18.2 Å². The first kappa shape index (κ1) is 14.6. The average molecular weight is 307 g/mol. The summed E-state index contributed by atoms with van der Waals surface area (Å²) in [6, 6.07) is 14.0. The van der Waals surface area contributed by atoms with Gasteiger partial charge in [0.2, 0.25) is 0 Å². The van der Waals surface area contributed by atoms with Crippen molar-refractivity contribution in [1.29, 1.82) is 0 Å². The van der Waals surface area contributed by atoms with Gasteiger partial charge >= 0.3 is 0 Å². The van der Waals surface area contributed by atoms with Crippen LogP contribution in [-0.4, -0.2) is 9.43 Å². The first-order valence-electron chi connectivity index (χ1n) is 5.78. The van der Waals surface area contributed by atoms with Crippen molar-refractivity contribution in [2.75, 3.05) is 0 Å². The Labute approximate surface area is 125 Å². The van der Waals surface area contributed by atoms with E-state index >= 15 is 0 Å². The number of nitrogens with zero attached hydrogens (tertiary/aromatic N) is 2. The van der Waals surface area contributed by atoms with Crippen molar-refractivity contribution in [2.24, 2.45) is 4.99 Å². The van der Waals surface area contributed by atoms with Crippen LogP contribution in [0.15, 0.2) is 58.4 Å². The molecule has 0 aromatic heterocycles. The standard InChI is InChI=1S/C14H11ClN2O2S/c1-10-6-8-11(9-7-10)16-14(15)20-13-5-3-2-4-12(13)17(18)19/h2-9H,1H3. The Hall–Kier alpha value is -1.85. The third kappa shape index (κ3) is 3.82. The fourth-order valence-corrected chi connectivity index (χ4v) is 2.60. The molecule has 6 heteroatoms. The van der Waals surface area contributed by atoms with Crippen molar-refractivity contribution in [2.45, 2.75) is 11.8 Å². The predicted molar refractivity (Wildman–Crippen MR) is 83.1 cm³/mol. The largest absolute Gasteiger partial charge is 0.283 e. The summed E-state index contributed by atoms with van der Waals surface area (Å²) in [5, 5.41) is 10.9. The zero-order chi connectivity index (χ0) is 14.5. The number of thioether (sulfide) groups is 1. The molecule has 0 aliphatic rings. The van der Waals surface area contributed by atoms with Gasteiger partial charge in [-0.2, -0.15) is 0 Å². The molecule has 0 atom stereocenters. The lowest BCUT2D eigenvalue weighted by atomic mass is 10.2. The molecule has 2 rings (SSSR count). The first-order chi connectivity index (χ1) is 9.56. The highest BCUT2D eigenvalue weighted by atomic mass is 35.5. The molecule has 102 valence electrons. The molecular formula is C14H11ClN2O2S. The van der Waals surface area contributed by atoms with E-state index in [0.717, 1.165) is 17.3 Å². The van der Waals surface area contributed by atoms with E-state index in [9.17, 15) is 10.1 Å². The fraction of sp³-hybridized carbons (Fsp3) is 0.0714. The van der Waals surface area contributed by atoms with Crippen molar-refractivity contribution < 1.29 is 4.92 Å². The van der Waals surface area contributed by atoms with Crippen LogP contribution in [0, 0.1) is 17.0 Å². The lowest BCUT2D eigenvalue weighted by molar-refractivity contribution is -0.387. The van der Waals surface area contributed by atoms with E-state index in [1.165, 1.54) is 6.07 Å². The molecule has 0 heterocycles. The number of hydrogen-bond acceptors (Lipinski definition) is 4. The first-order valence-corrected chi connectivity index (χ1v) is 6.98. The zero-order valence-corrected chi connectivity index (χ0v) is 12.2. The van der Waals surface area contributed by atoms with Crippen molar-refractivity contribution in [3.05, 3.63) is 64.2 Å². The summed E-state index contributed by atoms with van der Waals surface area (Å²) in [5.74, 6) is 0. The Morgan fingerprint density at radius 2 is 1.85 bits per heavy atom. The second-order valence-corrected chi connectivity index (χ2v) is 5.64. The molecule has 0 fully saturated rings. The lowest BCUT2D eigenvalue weighted by Gasteiger charge is -2.01. The fourth-order valence-electron chi connectivity index (χ4n) is 1.53. The smallest absolute Gasteiger partial charge is 0.258 e. The summed E-state index contributed by atoms with van der Waals surface area (Å²) >= 11 is 7.13. The van der Waals surface area contributed by atoms with Crippen LogP contribution in [0.4, 0.5) is 11.4 Å². The lowest BCUT2D eigenvalue weighted by Crippen LogP contribution is -1.91. The van der Waals surface area contributed by atoms with E-state index in [4.69, 9.17) is 11.6 Å². The number of hydrogen-bond donors (Lipinski definition) is 0. The van der Waals surface area contributed by atoms with Gasteiger partial charge in [0.05, 0.1) is 15.5 Å². The third-order valence-electron chi connectivity index (χ3n) is 2.51. The molecule has 0 aliphatic carbocycles. The monoisotopic (exact) mass is 306 g/mol. The van der Waals surface area contributed by atoms with E-state index in [1.807, 2.05) is 31.2 Å². The highest BCUT2D eigenvalue weighted by Gasteiger charge is 2.14. The van der Waals surface area contributed by atoms with Gasteiger partial charge in [-0.1, -0.05) is 53.2 Å². The summed E-state index contributed by atoms with van der Waals surface area (Å²) in [6.45, 7) is 1.98. The summed E-state index contributed by atoms with van der Waals surface area (Å²) in [7, 11) is 0. The number of nitro benzene ring substituents is 1. The minimum absolute atomic E-state index is 0.0229.